The highest BCUT2D eigenvalue weighted by Crippen LogP contribution is 2.40. The molecule has 9 rings (SSSR count). The van der Waals surface area contributed by atoms with E-state index in [9.17, 15) is 9.59 Å². The molecule has 2 aromatic heterocycles. The normalized spacial score (nSPS) is 21.3. The van der Waals surface area contributed by atoms with Crippen LogP contribution >= 0.6 is 12.6 Å². The molecule has 2 atom stereocenters. The van der Waals surface area contributed by atoms with E-state index in [1.54, 1.807) is 0 Å². The van der Waals surface area contributed by atoms with Crippen LogP contribution in [0.15, 0.2) is 79.0 Å². The molecule has 12 nitrogen and oxygen atoms in total. The number of imide groups is 1. The van der Waals surface area contributed by atoms with E-state index < -0.39 is 0 Å². The molecule has 3 fully saturated rings. The zero-order valence-electron chi connectivity index (χ0n) is 29.6. The summed E-state index contributed by atoms with van der Waals surface area (Å²) in [5.41, 5.74) is 8.40. The Kier molecular flexibility index (Phi) is 9.22. The van der Waals surface area contributed by atoms with Crippen molar-refractivity contribution >= 4 is 64.6 Å². The Morgan fingerprint density at radius 1 is 0.849 bits per heavy atom. The van der Waals surface area contributed by atoms with Crippen LogP contribution in [0.5, 0.6) is 0 Å². The van der Waals surface area contributed by atoms with Gasteiger partial charge in [-0.1, -0.05) is 49.2 Å². The molecule has 5 heterocycles. The fourth-order valence-corrected chi connectivity index (χ4v) is 8.86. The van der Waals surface area contributed by atoms with Crippen molar-refractivity contribution in [3.63, 3.8) is 0 Å². The van der Waals surface area contributed by atoms with Crippen LogP contribution < -0.4 is 20.9 Å². The van der Waals surface area contributed by atoms with Gasteiger partial charge in [-0.15, -0.1) is 0 Å². The van der Waals surface area contributed by atoms with Gasteiger partial charge in [-0.05, 0) is 72.4 Å². The molecule has 1 saturated carbocycles. The van der Waals surface area contributed by atoms with Crippen molar-refractivity contribution in [1.82, 2.24) is 34.6 Å². The summed E-state index contributed by atoms with van der Waals surface area (Å²) in [5.74, 6) is 0.969. The second-order valence-electron chi connectivity index (χ2n) is 14.6. The number of piperidine rings is 1. The zero-order valence-corrected chi connectivity index (χ0v) is 30.5. The number of rotatable bonds is 9. The van der Waals surface area contributed by atoms with Gasteiger partial charge in [0.05, 0.1) is 17.6 Å². The van der Waals surface area contributed by atoms with E-state index in [1.165, 1.54) is 29.7 Å². The van der Waals surface area contributed by atoms with Gasteiger partial charge in [-0.3, -0.25) is 29.3 Å². The fraction of sp³-hybridized carbons (Fsp3) is 0.375. The molecule has 0 radical (unpaired) electrons. The van der Waals surface area contributed by atoms with E-state index in [2.05, 4.69) is 94.8 Å². The minimum Gasteiger partial charge on any atom is -0.369 e. The quantitative estimate of drug-likeness (QED) is 0.102. The third kappa shape index (κ3) is 6.96. The molecule has 1 aliphatic carbocycles. The fourth-order valence-electron chi connectivity index (χ4n) is 8.37. The van der Waals surface area contributed by atoms with Gasteiger partial charge in [-0.25, -0.2) is 9.97 Å². The van der Waals surface area contributed by atoms with Crippen molar-refractivity contribution < 1.29 is 9.59 Å². The summed E-state index contributed by atoms with van der Waals surface area (Å²) in [6.45, 7) is 5.36. The first-order chi connectivity index (χ1) is 25.9. The van der Waals surface area contributed by atoms with E-state index >= 15 is 0 Å². The second-order valence-corrected chi connectivity index (χ2v) is 15.1. The van der Waals surface area contributed by atoms with Crippen LogP contribution in [-0.4, -0.2) is 73.4 Å². The Morgan fingerprint density at radius 2 is 1.62 bits per heavy atom. The van der Waals surface area contributed by atoms with Crippen molar-refractivity contribution in [3.05, 3.63) is 95.7 Å². The Labute approximate surface area is 314 Å². The number of aromatic nitrogens is 4. The third-order valence-electron chi connectivity index (χ3n) is 11.2. The van der Waals surface area contributed by atoms with Gasteiger partial charge in [0.15, 0.2) is 5.65 Å². The molecular weight excluding hydrogens is 685 g/mol. The van der Waals surface area contributed by atoms with Crippen molar-refractivity contribution in [1.29, 1.82) is 0 Å². The van der Waals surface area contributed by atoms with Crippen LogP contribution in [0, 0.1) is 0 Å². The van der Waals surface area contributed by atoms with Crippen LogP contribution in [-0.2, 0) is 22.7 Å². The van der Waals surface area contributed by atoms with Crippen molar-refractivity contribution in [2.75, 3.05) is 41.7 Å². The average molecular weight is 729 g/mol. The summed E-state index contributed by atoms with van der Waals surface area (Å²) in [5, 5.41) is 9.28. The van der Waals surface area contributed by atoms with E-state index in [0.29, 0.717) is 31.4 Å². The first kappa shape index (κ1) is 33.8. The van der Waals surface area contributed by atoms with Crippen LogP contribution in [0.3, 0.4) is 0 Å². The number of hydrogen-bond acceptors (Lipinski definition) is 11. The molecule has 2 unspecified atom stereocenters. The van der Waals surface area contributed by atoms with Crippen molar-refractivity contribution in [2.45, 2.75) is 69.1 Å². The van der Waals surface area contributed by atoms with Crippen molar-refractivity contribution in [2.24, 2.45) is 0 Å². The number of fused-ring (bicyclic) bond motifs is 2. The number of hydrogen-bond donors (Lipinski definition) is 4. The standard InChI is InChI=1S/C40H44N10O2S/c51-35-17-16-34(37(52)45-35)49-25-27-11-10-26(22-32(27)38(49)53)24-47-18-20-48(21-19-47)30-14-12-29(13-15-30)42-39-41-23-33-36(46-39)50(31-8-4-5-9-31)40(44-33)43-28-6-2-1-3-7-28/h1-3,6-7,10-15,22-23,31,34,38,53H,4-5,8-9,16-21,24-25H2,(H,43,44)(H,41,42,46)(H,45,51,52). The van der Waals surface area contributed by atoms with Gasteiger partial charge in [-0.2, -0.15) is 17.6 Å². The average Bonchev–Trinajstić information content (AvgIpc) is 3.91. The molecule has 3 aliphatic heterocycles. The maximum absolute atomic E-state index is 12.5. The maximum Gasteiger partial charge on any atom is 0.243 e. The Hall–Kier alpha value is -4.98. The lowest BCUT2D eigenvalue weighted by Crippen LogP contribution is -2.51. The Balaban J connectivity index is 0.818. The topological polar surface area (TPSA) is 124 Å². The number of carbonyl (C=O) groups is 2. The molecule has 5 aromatic rings. The van der Waals surface area contributed by atoms with Crippen LogP contribution in [0.2, 0.25) is 0 Å². The smallest absolute Gasteiger partial charge is 0.243 e. The predicted molar refractivity (Wildman–Crippen MR) is 210 cm³/mol. The number of anilines is 5. The largest absolute Gasteiger partial charge is 0.369 e. The second kappa shape index (κ2) is 14.4. The number of para-hydroxylation sites is 1. The first-order valence-electron chi connectivity index (χ1n) is 18.8. The summed E-state index contributed by atoms with van der Waals surface area (Å²) in [7, 11) is 0. The van der Waals surface area contributed by atoms with E-state index in [-0.39, 0.29) is 23.2 Å². The number of amides is 2. The van der Waals surface area contributed by atoms with Gasteiger partial charge in [0.2, 0.25) is 23.7 Å². The SMILES string of the molecule is O=C1CCC(N2Cc3ccc(CN4CCN(c5ccc(Nc6ncc7nc(Nc8ccccc8)n(C8CCCC8)c7n6)cc5)CC4)cc3C2S)C(=O)N1. The molecule has 13 heteroatoms. The van der Waals surface area contributed by atoms with Crippen LogP contribution in [0.1, 0.15) is 66.6 Å². The van der Waals surface area contributed by atoms with E-state index in [1.807, 2.05) is 24.4 Å². The molecule has 0 bridgehead atoms. The summed E-state index contributed by atoms with van der Waals surface area (Å²) < 4.78 is 2.27. The molecule has 4 aliphatic rings. The highest BCUT2D eigenvalue weighted by atomic mass is 32.1. The Bertz CT molecular complexity index is 2130. The van der Waals surface area contributed by atoms with Gasteiger partial charge < -0.3 is 15.5 Å². The maximum atomic E-state index is 12.5. The predicted octanol–water partition coefficient (Wildman–Crippen LogP) is 6.30. The lowest BCUT2D eigenvalue weighted by atomic mass is 10.0. The summed E-state index contributed by atoms with van der Waals surface area (Å²) >= 11 is 4.91. The molecule has 0 spiro atoms. The number of nitrogens with zero attached hydrogens (tertiary/aromatic N) is 7. The first-order valence-corrected chi connectivity index (χ1v) is 19.3. The summed E-state index contributed by atoms with van der Waals surface area (Å²) in [6.07, 6.45) is 7.40. The Morgan fingerprint density at radius 3 is 2.40 bits per heavy atom. The lowest BCUT2D eigenvalue weighted by Gasteiger charge is -2.36. The van der Waals surface area contributed by atoms with Gasteiger partial charge >= 0.3 is 0 Å². The molecule has 2 amide bonds. The number of nitrogens with one attached hydrogen (secondary N) is 3. The molecule has 2 saturated heterocycles. The number of imidazole rings is 1. The minimum absolute atomic E-state index is 0.159. The van der Waals surface area contributed by atoms with E-state index in [4.69, 9.17) is 22.6 Å². The monoisotopic (exact) mass is 728 g/mol. The highest BCUT2D eigenvalue weighted by Gasteiger charge is 2.39. The van der Waals surface area contributed by atoms with Gasteiger partial charge in [0.25, 0.3) is 0 Å². The lowest BCUT2D eigenvalue weighted by molar-refractivity contribution is -0.137. The number of piperazine rings is 1. The molecule has 3 aromatic carbocycles. The molecule has 53 heavy (non-hydrogen) atoms. The molecular formula is C40H44N10O2S. The van der Waals surface area contributed by atoms with Crippen molar-refractivity contribution in [3.8, 4) is 0 Å². The number of carbonyl (C=O) groups excluding carboxylic acids is 2. The highest BCUT2D eigenvalue weighted by molar-refractivity contribution is 7.80. The van der Waals surface area contributed by atoms with Crippen LogP contribution in [0.25, 0.3) is 11.2 Å². The van der Waals surface area contributed by atoms with Gasteiger partial charge in [0.1, 0.15) is 5.52 Å². The number of thiol groups is 1. The van der Waals surface area contributed by atoms with Gasteiger partial charge in [0, 0.05) is 68.8 Å². The third-order valence-corrected chi connectivity index (χ3v) is 11.8. The number of benzene rings is 3. The molecule has 3 N–H and O–H groups in total. The minimum atomic E-state index is -0.324. The summed E-state index contributed by atoms with van der Waals surface area (Å²) in [4.78, 5) is 45.8. The summed E-state index contributed by atoms with van der Waals surface area (Å²) in [6, 6.07) is 25.4. The van der Waals surface area contributed by atoms with E-state index in [0.717, 1.165) is 79.6 Å². The van der Waals surface area contributed by atoms with Crippen LogP contribution in [0.4, 0.5) is 29.0 Å². The molecule has 272 valence electrons. The zero-order chi connectivity index (χ0) is 35.9.